The molecule has 122 valence electrons. The third kappa shape index (κ3) is 2.46. The van der Waals surface area contributed by atoms with E-state index in [1.807, 2.05) is 17.9 Å². The number of carbonyl (C=O) groups excluding carboxylic acids is 1. The Balaban J connectivity index is 1.56. The molecule has 1 saturated heterocycles. The molecule has 0 aliphatic carbocycles. The Hall–Kier alpha value is -2.69. The fourth-order valence-corrected chi connectivity index (χ4v) is 3.49. The molecule has 1 atom stereocenters. The van der Waals surface area contributed by atoms with Crippen LogP contribution in [0.4, 0.5) is 0 Å². The number of hydrogen-bond donors (Lipinski definition) is 0. The predicted molar refractivity (Wildman–Crippen MR) is 91.0 cm³/mol. The van der Waals surface area contributed by atoms with Crippen LogP contribution in [0.25, 0.3) is 11.1 Å². The highest BCUT2D eigenvalue weighted by Crippen LogP contribution is 2.30. The van der Waals surface area contributed by atoms with Crippen LogP contribution in [-0.4, -0.2) is 34.0 Å². The molecule has 5 heteroatoms. The van der Waals surface area contributed by atoms with E-state index in [0.29, 0.717) is 17.2 Å². The van der Waals surface area contributed by atoms with Gasteiger partial charge in [0.05, 0.1) is 16.6 Å². The second-order valence-corrected chi connectivity index (χ2v) is 6.44. The number of pyridine rings is 1. The maximum Gasteiger partial charge on any atom is 0.257 e. The number of likely N-dealkylation sites (tertiary alicyclic amines) is 1. The molecule has 1 amide bonds. The summed E-state index contributed by atoms with van der Waals surface area (Å²) in [5.41, 5.74) is 4.46. The molecule has 4 rings (SSSR count). The normalized spacial score (nSPS) is 17.6. The summed E-state index contributed by atoms with van der Waals surface area (Å²) in [5, 5.41) is 4.69. The van der Waals surface area contributed by atoms with Crippen molar-refractivity contribution in [1.82, 2.24) is 15.0 Å². The SMILES string of the molecule is Cc1ccccc1[C@H]1CCN(C(=O)c2cnc3onc(C)c3c2)C1. The van der Waals surface area contributed by atoms with Gasteiger partial charge in [-0.05, 0) is 37.5 Å². The van der Waals surface area contributed by atoms with E-state index in [1.54, 1.807) is 6.20 Å². The molecular weight excluding hydrogens is 302 g/mol. The number of rotatable bonds is 2. The average Bonchev–Trinajstić information content (AvgIpc) is 3.22. The minimum Gasteiger partial charge on any atom is -0.338 e. The minimum atomic E-state index is 0.0288. The Morgan fingerprint density at radius 3 is 2.96 bits per heavy atom. The minimum absolute atomic E-state index is 0.0288. The van der Waals surface area contributed by atoms with Gasteiger partial charge in [0, 0.05) is 25.2 Å². The molecule has 3 aromatic rings. The lowest BCUT2D eigenvalue weighted by Gasteiger charge is -2.17. The molecule has 1 aliphatic rings. The van der Waals surface area contributed by atoms with Crippen molar-refractivity contribution in [3.8, 4) is 0 Å². The van der Waals surface area contributed by atoms with Gasteiger partial charge in [-0.1, -0.05) is 29.4 Å². The Morgan fingerprint density at radius 2 is 2.12 bits per heavy atom. The van der Waals surface area contributed by atoms with Crippen molar-refractivity contribution in [1.29, 1.82) is 0 Å². The summed E-state index contributed by atoms with van der Waals surface area (Å²) in [6.07, 6.45) is 2.58. The second kappa shape index (κ2) is 5.74. The number of fused-ring (bicyclic) bond motifs is 1. The molecule has 2 aromatic heterocycles. The van der Waals surface area contributed by atoms with Gasteiger partial charge >= 0.3 is 0 Å². The summed E-state index contributed by atoms with van der Waals surface area (Å²) in [6, 6.07) is 10.3. The van der Waals surface area contributed by atoms with Crippen LogP contribution >= 0.6 is 0 Å². The molecule has 3 heterocycles. The van der Waals surface area contributed by atoms with Gasteiger partial charge in [-0.2, -0.15) is 0 Å². The van der Waals surface area contributed by atoms with Crippen molar-refractivity contribution in [2.45, 2.75) is 26.2 Å². The number of carbonyl (C=O) groups is 1. The summed E-state index contributed by atoms with van der Waals surface area (Å²) in [6.45, 7) is 5.51. The van der Waals surface area contributed by atoms with Crippen molar-refractivity contribution >= 4 is 17.0 Å². The lowest BCUT2D eigenvalue weighted by Crippen LogP contribution is -2.28. The second-order valence-electron chi connectivity index (χ2n) is 6.44. The molecule has 24 heavy (non-hydrogen) atoms. The maximum atomic E-state index is 12.8. The Labute approximate surface area is 140 Å². The summed E-state index contributed by atoms with van der Waals surface area (Å²) < 4.78 is 5.11. The van der Waals surface area contributed by atoms with Gasteiger partial charge in [0.2, 0.25) is 0 Å². The van der Waals surface area contributed by atoms with Gasteiger partial charge < -0.3 is 9.42 Å². The average molecular weight is 321 g/mol. The van der Waals surface area contributed by atoms with Crippen molar-refractivity contribution in [3.63, 3.8) is 0 Å². The van der Waals surface area contributed by atoms with Gasteiger partial charge in [-0.3, -0.25) is 4.79 Å². The molecule has 1 aromatic carbocycles. The van der Waals surface area contributed by atoms with Crippen LogP contribution in [-0.2, 0) is 0 Å². The van der Waals surface area contributed by atoms with E-state index in [0.717, 1.165) is 30.6 Å². The largest absolute Gasteiger partial charge is 0.338 e. The number of hydrogen-bond acceptors (Lipinski definition) is 4. The van der Waals surface area contributed by atoms with E-state index in [4.69, 9.17) is 4.52 Å². The first kappa shape index (κ1) is 14.9. The van der Waals surface area contributed by atoms with Crippen LogP contribution in [0.2, 0.25) is 0 Å². The highest BCUT2D eigenvalue weighted by Gasteiger charge is 2.29. The van der Waals surface area contributed by atoms with Crippen LogP contribution in [0.5, 0.6) is 0 Å². The molecule has 1 aliphatic heterocycles. The molecule has 0 unspecified atom stereocenters. The van der Waals surface area contributed by atoms with Gasteiger partial charge in [0.1, 0.15) is 0 Å². The van der Waals surface area contributed by atoms with Gasteiger partial charge in [0.15, 0.2) is 0 Å². The third-order valence-corrected chi connectivity index (χ3v) is 4.86. The number of nitrogens with zero attached hydrogens (tertiary/aromatic N) is 3. The van der Waals surface area contributed by atoms with E-state index in [-0.39, 0.29) is 5.91 Å². The lowest BCUT2D eigenvalue weighted by atomic mass is 9.94. The van der Waals surface area contributed by atoms with Crippen molar-refractivity contribution in [2.24, 2.45) is 0 Å². The van der Waals surface area contributed by atoms with Gasteiger partial charge in [-0.15, -0.1) is 0 Å². The molecule has 0 spiro atoms. The number of benzene rings is 1. The molecule has 5 nitrogen and oxygen atoms in total. The monoisotopic (exact) mass is 321 g/mol. The fraction of sp³-hybridized carbons (Fsp3) is 0.316. The Kier molecular flexibility index (Phi) is 3.56. The fourth-order valence-electron chi connectivity index (χ4n) is 3.49. The van der Waals surface area contributed by atoms with Crippen molar-refractivity contribution < 1.29 is 9.32 Å². The first-order valence-electron chi connectivity index (χ1n) is 8.20. The molecule has 0 bridgehead atoms. The summed E-state index contributed by atoms with van der Waals surface area (Å²) in [7, 11) is 0. The van der Waals surface area contributed by atoms with Crippen LogP contribution in [0.3, 0.4) is 0 Å². The van der Waals surface area contributed by atoms with E-state index in [2.05, 4.69) is 41.3 Å². The van der Waals surface area contributed by atoms with Crippen LogP contribution in [0.15, 0.2) is 41.1 Å². The standard InChI is InChI=1S/C19H19N3O2/c1-12-5-3-4-6-16(12)14-7-8-22(11-14)19(23)15-9-17-13(2)21-24-18(17)20-10-15/h3-6,9-10,14H,7-8,11H2,1-2H3/t14-/m0/s1. The van der Waals surface area contributed by atoms with Crippen LogP contribution in [0, 0.1) is 13.8 Å². The molecule has 1 fully saturated rings. The number of aryl methyl sites for hydroxylation is 2. The lowest BCUT2D eigenvalue weighted by molar-refractivity contribution is 0.0790. The van der Waals surface area contributed by atoms with Gasteiger partial charge in [-0.25, -0.2) is 4.98 Å². The quantitative estimate of drug-likeness (QED) is 0.725. The number of amides is 1. The van der Waals surface area contributed by atoms with Crippen molar-refractivity contribution in [3.05, 3.63) is 58.9 Å². The zero-order valence-electron chi connectivity index (χ0n) is 13.8. The van der Waals surface area contributed by atoms with E-state index in [9.17, 15) is 4.79 Å². The Bertz CT molecular complexity index is 916. The van der Waals surface area contributed by atoms with Gasteiger partial charge in [0.25, 0.3) is 11.6 Å². The highest BCUT2D eigenvalue weighted by molar-refractivity contribution is 5.97. The molecule has 0 radical (unpaired) electrons. The van der Waals surface area contributed by atoms with E-state index >= 15 is 0 Å². The van der Waals surface area contributed by atoms with Crippen LogP contribution < -0.4 is 0 Å². The third-order valence-electron chi connectivity index (χ3n) is 4.86. The number of aromatic nitrogens is 2. The summed E-state index contributed by atoms with van der Waals surface area (Å²) >= 11 is 0. The summed E-state index contributed by atoms with van der Waals surface area (Å²) in [4.78, 5) is 18.9. The van der Waals surface area contributed by atoms with Crippen LogP contribution in [0.1, 0.15) is 39.5 Å². The molecule has 0 N–H and O–H groups in total. The van der Waals surface area contributed by atoms with E-state index < -0.39 is 0 Å². The first-order valence-corrected chi connectivity index (χ1v) is 8.20. The topological polar surface area (TPSA) is 59.2 Å². The Morgan fingerprint density at radius 1 is 1.29 bits per heavy atom. The predicted octanol–water partition coefficient (Wildman–Crippen LogP) is 3.47. The molecular formula is C19H19N3O2. The molecule has 0 saturated carbocycles. The van der Waals surface area contributed by atoms with E-state index in [1.165, 1.54) is 11.1 Å². The zero-order chi connectivity index (χ0) is 16.7. The first-order chi connectivity index (χ1) is 11.6. The maximum absolute atomic E-state index is 12.8. The van der Waals surface area contributed by atoms with Crippen molar-refractivity contribution in [2.75, 3.05) is 13.1 Å². The summed E-state index contributed by atoms with van der Waals surface area (Å²) in [5.74, 6) is 0.435. The highest BCUT2D eigenvalue weighted by atomic mass is 16.5. The zero-order valence-corrected chi connectivity index (χ0v) is 13.8. The smallest absolute Gasteiger partial charge is 0.257 e.